The highest BCUT2D eigenvalue weighted by molar-refractivity contribution is 9.10. The van der Waals surface area contributed by atoms with Gasteiger partial charge in [-0.2, -0.15) is 4.31 Å². The van der Waals surface area contributed by atoms with Gasteiger partial charge in [0, 0.05) is 40.7 Å². The molecule has 34 heavy (non-hydrogen) atoms. The van der Waals surface area contributed by atoms with E-state index in [4.69, 9.17) is 0 Å². The second-order valence-electron chi connectivity index (χ2n) is 8.71. The molecule has 2 aliphatic rings. The van der Waals surface area contributed by atoms with E-state index < -0.39 is 15.9 Å². The summed E-state index contributed by atoms with van der Waals surface area (Å²) in [4.78, 5) is 27.3. The number of benzene rings is 2. The number of anilines is 2. The van der Waals surface area contributed by atoms with Crippen LogP contribution in [0.1, 0.15) is 37.3 Å². The van der Waals surface area contributed by atoms with Gasteiger partial charge in [0.25, 0.3) is 0 Å². The molecule has 2 aromatic rings. The lowest BCUT2D eigenvalue weighted by Gasteiger charge is -2.32. The Labute approximate surface area is 217 Å². The number of amides is 2. The number of hydrogen-bond donors (Lipinski definition) is 1. The summed E-state index contributed by atoms with van der Waals surface area (Å²) in [6.45, 7) is 4.60. The molecule has 0 saturated carbocycles. The highest BCUT2D eigenvalue weighted by Gasteiger charge is 2.38. The van der Waals surface area contributed by atoms with Gasteiger partial charge in [0.2, 0.25) is 21.8 Å². The average Bonchev–Trinajstić information content (AvgIpc) is 3.23. The van der Waals surface area contributed by atoms with Crippen molar-refractivity contribution in [3.05, 3.63) is 50.4 Å². The van der Waals surface area contributed by atoms with E-state index >= 15 is 0 Å². The van der Waals surface area contributed by atoms with Crippen LogP contribution in [0.2, 0.25) is 0 Å². The van der Waals surface area contributed by atoms with Gasteiger partial charge in [-0.1, -0.05) is 38.8 Å². The van der Waals surface area contributed by atoms with Crippen LogP contribution in [-0.4, -0.2) is 44.2 Å². The molecule has 7 nitrogen and oxygen atoms in total. The maximum Gasteiger partial charge on any atom is 0.245 e. The molecule has 0 bridgehead atoms. The van der Waals surface area contributed by atoms with Gasteiger partial charge in [-0.15, -0.1) is 0 Å². The zero-order chi connectivity index (χ0) is 24.6. The molecular weight excluding hydrogens is 586 g/mol. The fourth-order valence-corrected chi connectivity index (χ4v) is 7.54. The fourth-order valence-electron chi connectivity index (χ4n) is 4.62. The van der Waals surface area contributed by atoms with Crippen molar-refractivity contribution >= 4 is 65.1 Å². The van der Waals surface area contributed by atoms with E-state index in [-0.39, 0.29) is 23.3 Å². The minimum atomic E-state index is -3.91. The number of sulfonamides is 1. The lowest BCUT2D eigenvalue weighted by atomic mass is 9.98. The second kappa shape index (κ2) is 10.1. The normalized spacial score (nSPS) is 18.6. The molecule has 1 saturated heterocycles. The van der Waals surface area contributed by atoms with Gasteiger partial charge in [0.1, 0.15) is 4.90 Å². The quantitative estimate of drug-likeness (QED) is 0.523. The van der Waals surface area contributed by atoms with E-state index in [9.17, 15) is 18.0 Å². The smallest absolute Gasteiger partial charge is 0.245 e. The number of hydrogen-bond acceptors (Lipinski definition) is 4. The van der Waals surface area contributed by atoms with Crippen LogP contribution in [0.3, 0.4) is 0 Å². The number of fused-ring (bicyclic) bond motifs is 1. The van der Waals surface area contributed by atoms with Gasteiger partial charge >= 0.3 is 0 Å². The van der Waals surface area contributed by atoms with Crippen LogP contribution in [0.4, 0.5) is 11.4 Å². The standard InChI is InChI=1S/C24H27Br2N3O4S/c1-3-22(30)29-10-8-16-12-19(26)13-21(23(16)29)34(32,33)28-9-4-5-17(14-28)24(31)27-20-7-6-18(25)11-15(20)2/h6-7,11-13,17H,3-5,8-10,14H2,1-2H3,(H,27,31). The third kappa shape index (κ3) is 4.96. The van der Waals surface area contributed by atoms with Crippen LogP contribution in [0, 0.1) is 12.8 Å². The number of carbonyl (C=O) groups excluding carboxylic acids is 2. The largest absolute Gasteiger partial charge is 0.326 e. The van der Waals surface area contributed by atoms with Gasteiger partial charge < -0.3 is 10.2 Å². The number of nitrogens with zero attached hydrogens (tertiary/aromatic N) is 2. The molecule has 0 aromatic heterocycles. The molecule has 10 heteroatoms. The molecule has 0 radical (unpaired) electrons. The minimum Gasteiger partial charge on any atom is -0.326 e. The Morgan fingerprint density at radius 2 is 1.88 bits per heavy atom. The van der Waals surface area contributed by atoms with Crippen LogP contribution >= 0.6 is 31.9 Å². The van der Waals surface area contributed by atoms with Gasteiger partial charge in [0.15, 0.2) is 0 Å². The summed E-state index contributed by atoms with van der Waals surface area (Å²) in [5.41, 5.74) is 2.96. The Balaban J connectivity index is 1.60. The Morgan fingerprint density at radius 3 is 2.59 bits per heavy atom. The molecule has 2 amide bonds. The SMILES string of the molecule is CCC(=O)N1CCc2cc(Br)cc(S(=O)(=O)N3CCCC(C(=O)Nc4ccc(Br)cc4C)C3)c21. The number of aryl methyl sites for hydroxylation is 1. The molecule has 4 rings (SSSR count). The zero-order valence-electron chi connectivity index (χ0n) is 19.1. The Morgan fingerprint density at radius 1 is 1.12 bits per heavy atom. The second-order valence-corrected chi connectivity index (χ2v) is 12.4. The van der Waals surface area contributed by atoms with Crippen LogP contribution in [0.5, 0.6) is 0 Å². The molecule has 182 valence electrons. The van der Waals surface area contributed by atoms with Crippen molar-refractivity contribution in [3.63, 3.8) is 0 Å². The van der Waals surface area contributed by atoms with Crippen LogP contribution in [0.25, 0.3) is 0 Å². The maximum atomic E-state index is 13.8. The van der Waals surface area contributed by atoms with Gasteiger partial charge in [0.05, 0.1) is 11.6 Å². The topological polar surface area (TPSA) is 86.8 Å². The molecule has 0 spiro atoms. The minimum absolute atomic E-state index is 0.0988. The number of piperidine rings is 1. The maximum absolute atomic E-state index is 13.8. The first-order valence-corrected chi connectivity index (χ1v) is 14.3. The first-order valence-electron chi connectivity index (χ1n) is 11.3. The molecule has 0 aliphatic carbocycles. The summed E-state index contributed by atoms with van der Waals surface area (Å²) >= 11 is 6.86. The van der Waals surface area contributed by atoms with E-state index in [2.05, 4.69) is 37.2 Å². The summed E-state index contributed by atoms with van der Waals surface area (Å²) in [6.07, 6.45) is 2.12. The van der Waals surface area contributed by atoms with E-state index in [1.54, 1.807) is 17.9 Å². The number of rotatable bonds is 5. The Kier molecular flexibility index (Phi) is 7.52. The fraction of sp³-hybridized carbons (Fsp3) is 0.417. The highest BCUT2D eigenvalue weighted by Crippen LogP contribution is 2.40. The first kappa shape index (κ1) is 25.3. The zero-order valence-corrected chi connectivity index (χ0v) is 23.1. The number of nitrogens with one attached hydrogen (secondary N) is 1. The molecule has 1 fully saturated rings. The first-order chi connectivity index (χ1) is 16.1. The van der Waals surface area contributed by atoms with Crippen molar-refractivity contribution in [2.75, 3.05) is 29.9 Å². The average molecular weight is 613 g/mol. The van der Waals surface area contributed by atoms with Crippen molar-refractivity contribution in [2.24, 2.45) is 5.92 Å². The number of halogens is 2. The van der Waals surface area contributed by atoms with Crippen LogP contribution < -0.4 is 10.2 Å². The van der Waals surface area contributed by atoms with Gasteiger partial charge in [-0.25, -0.2) is 8.42 Å². The molecule has 2 aromatic carbocycles. The molecular formula is C24H27Br2N3O4S. The van der Waals surface area contributed by atoms with Gasteiger partial charge in [-0.05, 0) is 67.6 Å². The summed E-state index contributed by atoms with van der Waals surface area (Å²) in [6, 6.07) is 9.06. The van der Waals surface area contributed by atoms with Crippen molar-refractivity contribution in [1.82, 2.24) is 4.31 Å². The van der Waals surface area contributed by atoms with Gasteiger partial charge in [-0.3, -0.25) is 9.59 Å². The summed E-state index contributed by atoms with van der Waals surface area (Å²) in [5.74, 6) is -0.744. The van der Waals surface area contributed by atoms with E-state index in [1.165, 1.54) is 4.31 Å². The number of carbonyl (C=O) groups is 2. The van der Waals surface area contributed by atoms with E-state index in [1.807, 2.05) is 31.2 Å². The van der Waals surface area contributed by atoms with Crippen molar-refractivity contribution < 1.29 is 18.0 Å². The van der Waals surface area contributed by atoms with E-state index in [0.717, 1.165) is 15.6 Å². The van der Waals surface area contributed by atoms with Crippen molar-refractivity contribution in [2.45, 2.75) is 44.4 Å². The third-order valence-corrected chi connectivity index (χ3v) is 9.25. The Hall–Kier alpha value is -1.75. The summed E-state index contributed by atoms with van der Waals surface area (Å²) in [7, 11) is -3.91. The molecule has 2 aliphatic heterocycles. The Bertz CT molecular complexity index is 1250. The molecule has 1 unspecified atom stereocenters. The highest BCUT2D eigenvalue weighted by atomic mass is 79.9. The van der Waals surface area contributed by atoms with Crippen LogP contribution in [-0.2, 0) is 26.0 Å². The van der Waals surface area contributed by atoms with E-state index in [0.29, 0.717) is 54.6 Å². The lowest BCUT2D eigenvalue weighted by Crippen LogP contribution is -2.44. The monoisotopic (exact) mass is 611 g/mol. The van der Waals surface area contributed by atoms with Crippen LogP contribution in [0.15, 0.2) is 44.2 Å². The summed E-state index contributed by atoms with van der Waals surface area (Å²) in [5, 5.41) is 2.96. The molecule has 1 atom stereocenters. The third-order valence-electron chi connectivity index (χ3n) is 6.42. The van der Waals surface area contributed by atoms with Crippen molar-refractivity contribution in [3.8, 4) is 0 Å². The molecule has 2 heterocycles. The molecule has 1 N–H and O–H groups in total. The predicted octanol–water partition coefficient (Wildman–Crippen LogP) is 4.86. The predicted molar refractivity (Wildman–Crippen MR) is 139 cm³/mol. The summed E-state index contributed by atoms with van der Waals surface area (Å²) < 4.78 is 30.6. The lowest BCUT2D eigenvalue weighted by molar-refractivity contribution is -0.121. The van der Waals surface area contributed by atoms with Crippen molar-refractivity contribution in [1.29, 1.82) is 0 Å².